The van der Waals surface area contributed by atoms with Gasteiger partial charge in [0.25, 0.3) is 0 Å². The molecule has 2 saturated heterocycles. The smallest absolute Gasteiger partial charge is 0.233 e. The first-order chi connectivity index (χ1) is 22.0. The van der Waals surface area contributed by atoms with Gasteiger partial charge in [-0.3, -0.25) is 0 Å². The number of aromatic hydroxyl groups is 1. The van der Waals surface area contributed by atoms with Crippen LogP contribution in [0.2, 0.25) is 0 Å². The molecule has 4 aromatic rings. The number of phenols is 1. The van der Waals surface area contributed by atoms with Crippen molar-refractivity contribution in [1.82, 2.24) is 30.0 Å². The van der Waals surface area contributed by atoms with Crippen LogP contribution in [0.3, 0.4) is 0 Å². The average molecular weight is 631 g/mol. The van der Waals surface area contributed by atoms with E-state index in [1.807, 2.05) is 41.9 Å². The van der Waals surface area contributed by atoms with Gasteiger partial charge in [0.05, 0.1) is 51.0 Å². The normalized spacial score (nSPS) is 18.2. The van der Waals surface area contributed by atoms with Crippen molar-refractivity contribution in [2.75, 3.05) is 80.1 Å². The number of anilines is 5. The standard InChI is InChI=1S/C30H34N10O4S/c1-18-24-25(19-3-8-22(41)23(17-19)42-2)32-30(45)33-26(24)40(37-18)21-6-4-20(5-7-21)31-27-34-28(38-9-13-43-14-10-38)36-29(35-27)39-11-15-44-16-12-39/h3-8,17,25,41H,9-16H2,1-2H3,(H2,32,33,45)(H,31,34,35,36). The quantitative estimate of drug-likeness (QED) is 0.222. The first kappa shape index (κ1) is 29.0. The molecular formula is C30H34N10O4S. The number of benzene rings is 2. The number of hydrogen-bond acceptors (Lipinski definition) is 12. The van der Waals surface area contributed by atoms with Gasteiger partial charge in [0.15, 0.2) is 16.6 Å². The van der Waals surface area contributed by atoms with E-state index in [1.54, 1.807) is 12.1 Å². The van der Waals surface area contributed by atoms with Crippen molar-refractivity contribution in [2.24, 2.45) is 0 Å². The van der Waals surface area contributed by atoms with E-state index in [-0.39, 0.29) is 11.8 Å². The summed E-state index contributed by atoms with van der Waals surface area (Å²) < 4.78 is 18.3. The molecule has 0 aliphatic carbocycles. The number of nitrogens with zero attached hydrogens (tertiary/aromatic N) is 7. The van der Waals surface area contributed by atoms with Crippen LogP contribution in [-0.4, -0.2) is 94.7 Å². The van der Waals surface area contributed by atoms with Crippen molar-refractivity contribution in [3.63, 3.8) is 0 Å². The minimum Gasteiger partial charge on any atom is -0.504 e. The lowest BCUT2D eigenvalue weighted by molar-refractivity contribution is 0.121. The van der Waals surface area contributed by atoms with Gasteiger partial charge in [-0.05, 0) is 61.1 Å². The van der Waals surface area contributed by atoms with Gasteiger partial charge >= 0.3 is 0 Å². The molecule has 45 heavy (non-hydrogen) atoms. The van der Waals surface area contributed by atoms with E-state index in [0.29, 0.717) is 55.1 Å². The zero-order valence-electron chi connectivity index (χ0n) is 25.0. The van der Waals surface area contributed by atoms with Crippen LogP contribution in [-0.2, 0) is 9.47 Å². The van der Waals surface area contributed by atoms with Crippen LogP contribution >= 0.6 is 12.2 Å². The summed E-state index contributed by atoms with van der Waals surface area (Å²) in [5.41, 5.74) is 4.35. The second-order valence-electron chi connectivity index (χ2n) is 10.9. The van der Waals surface area contributed by atoms with Gasteiger partial charge < -0.3 is 45.1 Å². The number of aromatic nitrogens is 5. The fourth-order valence-electron chi connectivity index (χ4n) is 5.70. The van der Waals surface area contributed by atoms with Crippen LogP contribution in [0.25, 0.3) is 5.69 Å². The highest BCUT2D eigenvalue weighted by Gasteiger charge is 2.31. The Morgan fingerprint density at radius 3 is 2.20 bits per heavy atom. The molecule has 3 aliphatic heterocycles. The van der Waals surface area contributed by atoms with Crippen LogP contribution in [0.15, 0.2) is 42.5 Å². The fraction of sp³-hybridized carbons (Fsp3) is 0.367. The number of thiocarbonyl (C=S) groups is 1. The number of rotatable bonds is 7. The third-order valence-corrected chi connectivity index (χ3v) is 8.23. The van der Waals surface area contributed by atoms with Gasteiger partial charge in [-0.15, -0.1) is 0 Å². The van der Waals surface area contributed by atoms with Crippen molar-refractivity contribution in [3.05, 3.63) is 59.3 Å². The lowest BCUT2D eigenvalue weighted by Crippen LogP contribution is -2.40. The summed E-state index contributed by atoms with van der Waals surface area (Å²) in [4.78, 5) is 18.6. The van der Waals surface area contributed by atoms with Crippen molar-refractivity contribution in [2.45, 2.75) is 13.0 Å². The molecule has 2 aromatic carbocycles. The number of nitrogens with one attached hydrogen (secondary N) is 3. The predicted octanol–water partition coefficient (Wildman–Crippen LogP) is 2.89. The Bertz CT molecular complexity index is 1670. The number of hydrogen-bond donors (Lipinski definition) is 4. The molecular weight excluding hydrogens is 596 g/mol. The Balaban J connectivity index is 1.17. The monoisotopic (exact) mass is 630 g/mol. The van der Waals surface area contributed by atoms with E-state index < -0.39 is 0 Å². The Kier molecular flexibility index (Phi) is 7.95. The second-order valence-corrected chi connectivity index (χ2v) is 11.3. The van der Waals surface area contributed by atoms with Crippen LogP contribution < -0.4 is 30.5 Å². The highest BCUT2D eigenvalue weighted by atomic mass is 32.1. The molecule has 0 spiro atoms. The molecule has 1 unspecified atom stereocenters. The van der Waals surface area contributed by atoms with Crippen molar-refractivity contribution in [1.29, 1.82) is 0 Å². The molecule has 234 valence electrons. The van der Waals surface area contributed by atoms with Gasteiger partial charge in [-0.25, -0.2) is 4.68 Å². The maximum absolute atomic E-state index is 10.1. The van der Waals surface area contributed by atoms with E-state index >= 15 is 0 Å². The topological polar surface area (TPSA) is 147 Å². The molecule has 2 fully saturated rings. The largest absolute Gasteiger partial charge is 0.504 e. The Labute approximate surface area is 265 Å². The van der Waals surface area contributed by atoms with E-state index in [4.69, 9.17) is 46.5 Å². The number of morpholine rings is 2. The molecule has 15 heteroatoms. The van der Waals surface area contributed by atoms with E-state index in [9.17, 15) is 5.11 Å². The molecule has 0 saturated carbocycles. The Hall–Kier alpha value is -4.73. The molecule has 0 radical (unpaired) electrons. The van der Waals surface area contributed by atoms with Crippen molar-refractivity contribution in [3.8, 4) is 17.2 Å². The highest BCUT2D eigenvalue weighted by molar-refractivity contribution is 7.80. The van der Waals surface area contributed by atoms with Crippen LogP contribution in [0.5, 0.6) is 11.5 Å². The molecule has 0 bridgehead atoms. The first-order valence-electron chi connectivity index (χ1n) is 14.8. The Morgan fingerprint density at radius 2 is 1.58 bits per heavy atom. The number of aryl methyl sites for hydroxylation is 1. The molecule has 3 aliphatic rings. The molecule has 14 nitrogen and oxygen atoms in total. The molecule has 2 aromatic heterocycles. The van der Waals surface area contributed by atoms with E-state index in [2.05, 4.69) is 25.8 Å². The predicted molar refractivity (Wildman–Crippen MR) is 173 cm³/mol. The minimum absolute atomic E-state index is 0.0749. The highest BCUT2D eigenvalue weighted by Crippen LogP contribution is 2.38. The van der Waals surface area contributed by atoms with Gasteiger partial charge in [0.1, 0.15) is 5.82 Å². The molecule has 0 amide bonds. The fourth-order valence-corrected chi connectivity index (χ4v) is 5.91. The summed E-state index contributed by atoms with van der Waals surface area (Å²) in [7, 11) is 1.53. The minimum atomic E-state index is -0.275. The zero-order valence-corrected chi connectivity index (χ0v) is 25.8. The Morgan fingerprint density at radius 1 is 0.933 bits per heavy atom. The van der Waals surface area contributed by atoms with Gasteiger partial charge in [-0.1, -0.05) is 6.07 Å². The number of phenolic OH excluding ortho intramolecular Hbond substituents is 1. The lowest BCUT2D eigenvalue weighted by Gasteiger charge is -2.30. The number of fused-ring (bicyclic) bond motifs is 1. The number of ether oxygens (including phenoxy) is 3. The zero-order chi connectivity index (χ0) is 30.9. The van der Waals surface area contributed by atoms with Crippen LogP contribution in [0.4, 0.5) is 29.4 Å². The van der Waals surface area contributed by atoms with Gasteiger partial charge in [0, 0.05) is 37.4 Å². The summed E-state index contributed by atoms with van der Waals surface area (Å²) in [6.45, 7) is 7.41. The van der Waals surface area contributed by atoms with E-state index in [0.717, 1.165) is 60.2 Å². The third-order valence-electron chi connectivity index (χ3n) is 8.01. The third kappa shape index (κ3) is 5.89. The van der Waals surface area contributed by atoms with Gasteiger partial charge in [-0.2, -0.15) is 20.1 Å². The molecule has 4 N–H and O–H groups in total. The second kappa shape index (κ2) is 12.3. The molecule has 5 heterocycles. The van der Waals surface area contributed by atoms with Crippen molar-refractivity contribution >= 4 is 46.7 Å². The van der Waals surface area contributed by atoms with Crippen LogP contribution in [0.1, 0.15) is 22.9 Å². The first-order valence-corrected chi connectivity index (χ1v) is 15.2. The molecule has 1 atom stereocenters. The lowest BCUT2D eigenvalue weighted by atomic mass is 9.97. The van der Waals surface area contributed by atoms with Crippen molar-refractivity contribution < 1.29 is 19.3 Å². The average Bonchev–Trinajstić information content (AvgIpc) is 3.41. The maximum Gasteiger partial charge on any atom is 0.233 e. The van der Waals surface area contributed by atoms with Gasteiger partial charge in [0.2, 0.25) is 17.8 Å². The molecule has 7 rings (SSSR count). The summed E-state index contributed by atoms with van der Waals surface area (Å²) in [5.74, 6) is 2.97. The SMILES string of the molecule is COc1cc(C2NC(=S)Nc3c2c(C)nn3-c2ccc(Nc3nc(N4CCOCC4)nc(N4CCOCC4)n3)cc2)ccc1O. The number of methoxy groups -OCH3 is 1. The van der Waals surface area contributed by atoms with Crippen LogP contribution in [0, 0.1) is 6.92 Å². The summed E-state index contributed by atoms with van der Waals surface area (Å²) in [6.07, 6.45) is 0. The summed E-state index contributed by atoms with van der Waals surface area (Å²) >= 11 is 5.58. The summed E-state index contributed by atoms with van der Waals surface area (Å²) in [5, 5.41) is 25.5. The van der Waals surface area contributed by atoms with E-state index in [1.165, 1.54) is 7.11 Å². The summed E-state index contributed by atoms with van der Waals surface area (Å²) in [6, 6.07) is 12.9. The maximum atomic E-state index is 10.1.